The molecule has 0 saturated carbocycles. The van der Waals surface area contributed by atoms with Crippen LogP contribution in [-0.4, -0.2) is 19.9 Å². The first-order chi connectivity index (χ1) is 21.9. The Bertz CT molecular complexity index is 2290. The van der Waals surface area contributed by atoms with Crippen molar-refractivity contribution in [3.05, 3.63) is 93.3 Å². The standard InChI is InChI=1S/C32H8F6N8/c33-31(34,35)15-1-3-17-19(5-15)25(13(9-39)10-40)29-27(17)43-21-7-22-24(8-23(21)45-29)46-30-26(14(11-41)12-42)20-6-16(32(36,37)38)2-4-18(20)28(30)44-22/h1-8H. The summed E-state index contributed by atoms with van der Waals surface area (Å²) < 4.78 is 81.4. The van der Waals surface area contributed by atoms with Crippen LogP contribution in [0.2, 0.25) is 0 Å². The Hall–Kier alpha value is -6.64. The second-order valence-electron chi connectivity index (χ2n) is 10.1. The third kappa shape index (κ3) is 3.98. The van der Waals surface area contributed by atoms with Gasteiger partial charge < -0.3 is 0 Å². The molecule has 14 heteroatoms. The number of fused-ring (bicyclic) bond motifs is 8. The maximum absolute atomic E-state index is 13.6. The minimum atomic E-state index is -4.70. The maximum atomic E-state index is 13.6. The van der Waals surface area contributed by atoms with E-state index >= 15 is 0 Å². The first kappa shape index (κ1) is 28.1. The normalized spacial score (nSPS) is 12.8. The second-order valence-corrected chi connectivity index (χ2v) is 10.1. The summed E-state index contributed by atoms with van der Waals surface area (Å²) in [6.07, 6.45) is -9.40. The number of nitrogens with zero attached hydrogens (tertiary/aromatic N) is 8. The fourth-order valence-corrected chi connectivity index (χ4v) is 5.63. The third-order valence-electron chi connectivity index (χ3n) is 7.61. The molecule has 2 heterocycles. The Kier molecular flexibility index (Phi) is 5.77. The molecule has 0 atom stereocenters. The van der Waals surface area contributed by atoms with Gasteiger partial charge in [0.2, 0.25) is 0 Å². The Morgan fingerprint density at radius 3 is 1.09 bits per heavy atom. The van der Waals surface area contributed by atoms with E-state index in [0.717, 1.165) is 24.3 Å². The summed E-state index contributed by atoms with van der Waals surface area (Å²) in [6.45, 7) is 0. The molecule has 0 bridgehead atoms. The van der Waals surface area contributed by atoms with Gasteiger partial charge in [-0.1, -0.05) is 12.1 Å². The lowest BCUT2D eigenvalue weighted by molar-refractivity contribution is -0.138. The summed E-state index contributed by atoms with van der Waals surface area (Å²) in [5.74, 6) is 0. The molecule has 8 nitrogen and oxygen atoms in total. The molecule has 5 aromatic rings. The third-order valence-corrected chi connectivity index (χ3v) is 7.61. The van der Waals surface area contributed by atoms with Gasteiger partial charge in [0.25, 0.3) is 0 Å². The smallest absolute Gasteiger partial charge is 0.244 e. The van der Waals surface area contributed by atoms with Crippen LogP contribution in [0, 0.1) is 45.3 Å². The molecule has 0 saturated heterocycles. The summed E-state index contributed by atoms with van der Waals surface area (Å²) in [6, 6.07) is 15.5. The molecule has 3 aromatic carbocycles. The van der Waals surface area contributed by atoms with Crippen LogP contribution in [0.1, 0.15) is 33.6 Å². The van der Waals surface area contributed by atoms with Crippen molar-refractivity contribution < 1.29 is 26.3 Å². The minimum Gasteiger partial charge on any atom is -0.244 e. The molecule has 0 radical (unpaired) electrons. The monoisotopic (exact) mass is 618 g/mol. The number of alkyl halides is 6. The molecule has 0 unspecified atom stereocenters. The largest absolute Gasteiger partial charge is 0.416 e. The van der Waals surface area contributed by atoms with Crippen molar-refractivity contribution in [3.63, 3.8) is 0 Å². The Labute approximate surface area is 253 Å². The lowest BCUT2D eigenvalue weighted by Crippen LogP contribution is -2.05. The van der Waals surface area contributed by atoms with E-state index < -0.39 is 34.6 Å². The highest BCUT2D eigenvalue weighted by Gasteiger charge is 2.37. The predicted molar refractivity (Wildman–Crippen MR) is 148 cm³/mol. The van der Waals surface area contributed by atoms with Gasteiger partial charge in [-0.2, -0.15) is 47.4 Å². The van der Waals surface area contributed by atoms with Gasteiger partial charge in [0.15, 0.2) is 0 Å². The Morgan fingerprint density at radius 1 is 0.457 bits per heavy atom. The molecule has 0 spiro atoms. The number of halogens is 6. The van der Waals surface area contributed by atoms with Gasteiger partial charge >= 0.3 is 12.4 Å². The average Bonchev–Trinajstić information content (AvgIpc) is 3.49. The molecular formula is C32H8F6N8. The zero-order valence-electron chi connectivity index (χ0n) is 22.5. The van der Waals surface area contributed by atoms with E-state index in [-0.39, 0.29) is 78.2 Å². The van der Waals surface area contributed by atoms with Crippen molar-refractivity contribution in [3.8, 4) is 46.8 Å². The highest BCUT2D eigenvalue weighted by atomic mass is 19.4. The SMILES string of the molecule is N#CC(C#N)=C1c2cc(C(F)(F)F)ccc2-c2nc3cc4nc5c(nc4cc3nc21)C(=C(C#N)C#N)c1cc(C(F)(F)F)ccc1-5. The first-order valence-electron chi connectivity index (χ1n) is 12.9. The molecule has 0 aliphatic heterocycles. The van der Waals surface area contributed by atoms with Crippen LogP contribution >= 0.6 is 0 Å². The summed E-state index contributed by atoms with van der Waals surface area (Å²) in [5.41, 5.74) is -1.81. The van der Waals surface area contributed by atoms with E-state index in [1.165, 1.54) is 24.3 Å². The highest BCUT2D eigenvalue weighted by Crippen LogP contribution is 2.48. The first-order valence-corrected chi connectivity index (χ1v) is 12.9. The average molecular weight is 618 g/mol. The van der Waals surface area contributed by atoms with Crippen molar-refractivity contribution in [1.29, 1.82) is 21.0 Å². The quantitative estimate of drug-likeness (QED) is 0.0980. The van der Waals surface area contributed by atoms with E-state index in [4.69, 9.17) is 0 Å². The fraction of sp³-hybridized carbons (Fsp3) is 0.0625. The number of benzene rings is 3. The zero-order chi connectivity index (χ0) is 32.7. The molecule has 218 valence electrons. The van der Waals surface area contributed by atoms with Crippen LogP contribution in [0.15, 0.2) is 59.7 Å². The lowest BCUT2D eigenvalue weighted by Gasteiger charge is -2.09. The van der Waals surface area contributed by atoms with E-state index in [9.17, 15) is 47.4 Å². The van der Waals surface area contributed by atoms with Gasteiger partial charge in [0, 0.05) is 22.3 Å². The topological polar surface area (TPSA) is 147 Å². The summed E-state index contributed by atoms with van der Waals surface area (Å²) in [4.78, 5) is 18.3. The van der Waals surface area contributed by atoms with Crippen LogP contribution in [-0.2, 0) is 12.4 Å². The van der Waals surface area contributed by atoms with Gasteiger partial charge in [-0.15, -0.1) is 0 Å². The minimum absolute atomic E-state index is 0.00249. The van der Waals surface area contributed by atoms with Gasteiger partial charge in [0.05, 0.1) is 56.0 Å². The fourth-order valence-electron chi connectivity index (χ4n) is 5.63. The van der Waals surface area contributed by atoms with Crippen molar-refractivity contribution in [2.24, 2.45) is 0 Å². The predicted octanol–water partition coefficient (Wildman–Crippen LogP) is 7.27. The maximum Gasteiger partial charge on any atom is 0.416 e. The molecule has 2 aliphatic rings. The number of nitriles is 4. The molecule has 0 amide bonds. The van der Waals surface area contributed by atoms with Gasteiger partial charge in [0.1, 0.15) is 35.4 Å². The van der Waals surface area contributed by atoms with Gasteiger partial charge in [-0.05, 0) is 47.5 Å². The van der Waals surface area contributed by atoms with Crippen molar-refractivity contribution in [2.45, 2.75) is 12.4 Å². The van der Waals surface area contributed by atoms with Crippen LogP contribution in [0.5, 0.6) is 0 Å². The number of aromatic nitrogens is 4. The summed E-state index contributed by atoms with van der Waals surface area (Å²) >= 11 is 0. The number of hydrogen-bond donors (Lipinski definition) is 0. The molecule has 46 heavy (non-hydrogen) atoms. The summed E-state index contributed by atoms with van der Waals surface area (Å²) in [7, 11) is 0. The number of rotatable bonds is 0. The van der Waals surface area contributed by atoms with Crippen LogP contribution < -0.4 is 0 Å². The van der Waals surface area contributed by atoms with Crippen LogP contribution in [0.3, 0.4) is 0 Å². The molecule has 2 aromatic heterocycles. The Morgan fingerprint density at radius 2 is 0.783 bits per heavy atom. The van der Waals surface area contributed by atoms with E-state index in [1.54, 1.807) is 24.3 Å². The van der Waals surface area contributed by atoms with E-state index in [2.05, 4.69) is 19.9 Å². The van der Waals surface area contributed by atoms with E-state index in [0.29, 0.717) is 0 Å². The molecule has 7 rings (SSSR count). The molecule has 0 fully saturated rings. The van der Waals surface area contributed by atoms with Crippen molar-refractivity contribution >= 4 is 33.2 Å². The molecule has 2 aliphatic carbocycles. The Balaban J connectivity index is 1.50. The molecular weight excluding hydrogens is 610 g/mol. The highest BCUT2D eigenvalue weighted by molar-refractivity contribution is 6.06. The summed E-state index contributed by atoms with van der Waals surface area (Å²) in [5, 5.41) is 38.5. The van der Waals surface area contributed by atoms with Crippen molar-refractivity contribution in [1.82, 2.24) is 19.9 Å². The zero-order valence-corrected chi connectivity index (χ0v) is 22.5. The van der Waals surface area contributed by atoms with Gasteiger partial charge in [-0.3, -0.25) is 0 Å². The molecule has 0 N–H and O–H groups in total. The number of hydrogen-bond acceptors (Lipinski definition) is 8. The van der Waals surface area contributed by atoms with Gasteiger partial charge in [-0.25, -0.2) is 19.9 Å². The van der Waals surface area contributed by atoms with Crippen LogP contribution in [0.25, 0.3) is 55.7 Å². The van der Waals surface area contributed by atoms with Crippen LogP contribution in [0.4, 0.5) is 26.3 Å². The second kappa shape index (κ2) is 9.43. The lowest BCUT2D eigenvalue weighted by atomic mass is 9.99. The number of allylic oxidation sites excluding steroid dienone is 2. The van der Waals surface area contributed by atoms with Crippen molar-refractivity contribution in [2.75, 3.05) is 0 Å². The van der Waals surface area contributed by atoms with E-state index in [1.807, 2.05) is 0 Å².